The number of nitrogens with one attached hydrogen (secondary N) is 4. The van der Waals surface area contributed by atoms with Crippen LogP contribution in [0.2, 0.25) is 0 Å². The molecule has 684 valence electrons. The molecule has 42 heteroatoms. The lowest BCUT2D eigenvalue weighted by Crippen LogP contribution is -2.02. The Morgan fingerprint density at radius 3 is 1.19 bits per heavy atom. The summed E-state index contributed by atoms with van der Waals surface area (Å²) in [5.74, 6) is 1.11. The highest BCUT2D eigenvalue weighted by molar-refractivity contribution is 9.11. The summed E-state index contributed by atoms with van der Waals surface area (Å²) in [6, 6.07) is 56.1. The number of ether oxygens (including phenoxy) is 12. The number of halogens is 9. The molecule has 4 aromatic heterocycles. The molecule has 129 heavy (non-hydrogen) atoms. The second-order valence-corrected chi connectivity index (χ2v) is 31.7. The molecule has 4 heterocycles. The van der Waals surface area contributed by atoms with E-state index in [2.05, 4.69) is 219 Å². The highest BCUT2D eigenvalue weighted by Gasteiger charge is 2.16. The van der Waals surface area contributed by atoms with E-state index in [1.165, 1.54) is 59.3 Å². The SMILES string of the molecule is BrCc1ccccc1.COC(=O)CN=[N+]=[N-].COC(=O)c1cc2c(Br)cc(O)cc2[nH]1.COCBr.COCOc1cc(Br)c2cc(C(=O)OC)[nH]c2c1.COCOc1ccc(/C=C(\N=[N+]=[N-])C(=O)OC)c(Br)c1.COCOc1ccc(C=O)c(Br)c1.O=Cc1ccc(O)cc1Br.OCc1cc2c(Br)cc(O)cc2[nH]1.OCc1cc2c(Br)cc(OCc3ccccc3)cc2[nH]1. The van der Waals surface area contributed by atoms with Crippen LogP contribution in [-0.2, 0) is 72.6 Å². The first-order chi connectivity index (χ1) is 62.0. The third-order valence-corrected chi connectivity index (χ3v) is 21.6. The number of hydrogen-bond acceptors (Lipinski definition) is 25. The number of nitrogens with zero attached hydrogens (tertiary/aromatic N) is 6. The predicted octanol–water partition coefficient (Wildman–Crippen LogP) is 22.8. The maximum absolute atomic E-state index is 11.4. The Bertz CT molecular complexity index is 5890. The van der Waals surface area contributed by atoms with Crippen molar-refractivity contribution in [1.29, 1.82) is 0 Å². The van der Waals surface area contributed by atoms with Crippen LogP contribution in [0, 0.1) is 0 Å². The van der Waals surface area contributed by atoms with Gasteiger partial charge in [0.1, 0.15) is 76.0 Å². The molecule has 0 atom stereocenters. The Morgan fingerprint density at radius 2 is 0.798 bits per heavy atom. The van der Waals surface area contributed by atoms with Crippen molar-refractivity contribution in [2.24, 2.45) is 10.2 Å². The van der Waals surface area contributed by atoms with E-state index >= 15 is 0 Å². The Balaban J connectivity index is 0.000000307. The van der Waals surface area contributed by atoms with Crippen molar-refractivity contribution in [1.82, 2.24) is 19.9 Å². The van der Waals surface area contributed by atoms with Gasteiger partial charge in [0.15, 0.2) is 33.0 Å². The molecule has 9 N–H and O–H groups in total. The Morgan fingerprint density at radius 1 is 0.411 bits per heavy atom. The standard InChI is InChI=1S/C16H14BrNO2.C12H12BrN3O4.C12H12BrNO4.C10H8BrNO3.C9H8BrNO2.C9H9BrO3.C7H5BrO2.C7H7Br.C3H5N3O2.C2H5BrO/c17-15-7-13(20-10-11-4-2-1-3-5-11)8-16-14(15)6-12(9-19)18-16;1-18-7-20-9-4-3-8(10(13)6-9)5-11(15-16-14)12(17)19-2;1-16-6-18-7-3-9(13)8-5-11(12(15)17-2)14-10(8)4-7;1-15-10(14)9-4-6-7(11)2-5(13)3-8(6)12-9;10-8-2-6(13)3-9-7(8)1-5(4-12)11-9;1-12-6-13-8-3-2-7(5-11)9(10)4-8;8-7-3-6(10)2-1-5(7)4-9;8-6-7-4-2-1-3-5-7;1-8-3(7)2-5-6-4;1-4-2-3/h1-8,18-19H,9-10H2;3-6H,7H2,1-2H3;3-5,14H,6H2,1-2H3;2-4,12-13H,1H3;1-3,11-13H,4H2;2-5H,6H2,1H3;1-4,10H;1-5H,6H2;2H2,1H3;2H2,1H3/b;11-5-;;;;;;;;. The fourth-order valence-electron chi connectivity index (χ4n) is 9.88. The molecular formula is C87H85Br9N10O23. The van der Waals surface area contributed by atoms with Crippen LogP contribution in [0.5, 0.6) is 40.2 Å². The highest BCUT2D eigenvalue weighted by atomic mass is 79.9. The number of azide groups is 2. The number of alkyl halides is 2. The molecule has 0 unspecified atom stereocenters. The zero-order chi connectivity index (χ0) is 95.3. The third-order valence-electron chi connectivity index (χ3n) is 15.8. The van der Waals surface area contributed by atoms with Gasteiger partial charge in [-0.15, -0.1) is 0 Å². The number of carbonyl (C=O) groups excluding carboxylic acids is 6. The fraction of sp³-hybridized carbons (Fsp3) is 0.195. The summed E-state index contributed by atoms with van der Waals surface area (Å²) >= 11 is 29.7. The fourth-order valence-corrected chi connectivity index (χ4v) is 13.9. The normalized spacial score (nSPS) is 10.1. The average Bonchev–Trinajstić information content (AvgIpc) is 1.50. The van der Waals surface area contributed by atoms with E-state index in [-0.39, 0.29) is 63.1 Å². The lowest BCUT2D eigenvalue weighted by Gasteiger charge is -2.07. The lowest BCUT2D eigenvalue weighted by atomic mass is 10.2. The van der Waals surface area contributed by atoms with Gasteiger partial charge in [-0.3, -0.25) is 14.4 Å². The number of fused-ring (bicyclic) bond motifs is 4. The Hall–Kier alpha value is -10.6. The topological polar surface area (TPSA) is 475 Å². The summed E-state index contributed by atoms with van der Waals surface area (Å²) in [5, 5.41) is 56.5. The van der Waals surface area contributed by atoms with Crippen LogP contribution in [0.25, 0.3) is 70.6 Å². The van der Waals surface area contributed by atoms with Crippen LogP contribution in [0.1, 0.15) is 69.8 Å². The number of aliphatic hydroxyl groups is 2. The predicted molar refractivity (Wildman–Crippen MR) is 520 cm³/mol. The number of phenols is 3. The molecule has 33 nitrogen and oxygen atoms in total. The smallest absolute Gasteiger partial charge is 0.354 e. The third kappa shape index (κ3) is 39.3. The molecule has 0 bridgehead atoms. The van der Waals surface area contributed by atoms with Crippen molar-refractivity contribution in [3.05, 3.63) is 297 Å². The number of aliphatic hydroxyl groups excluding tert-OH is 2. The largest absolute Gasteiger partial charge is 0.508 e. The van der Waals surface area contributed by atoms with Crippen molar-refractivity contribution in [2.75, 3.05) is 89.3 Å². The first kappa shape index (κ1) is 111. The van der Waals surface area contributed by atoms with Crippen molar-refractivity contribution >= 4 is 230 Å². The maximum Gasteiger partial charge on any atom is 0.354 e. The second kappa shape index (κ2) is 61.8. The molecule has 0 radical (unpaired) electrons. The summed E-state index contributed by atoms with van der Waals surface area (Å²) in [5.41, 5.74) is 26.4. The average molecular weight is 2360 g/mol. The van der Waals surface area contributed by atoms with Gasteiger partial charge in [-0.05, 0) is 226 Å². The van der Waals surface area contributed by atoms with Crippen LogP contribution in [0.4, 0.5) is 0 Å². The van der Waals surface area contributed by atoms with E-state index in [0.29, 0.717) is 71.9 Å². The minimum Gasteiger partial charge on any atom is -0.508 e. The van der Waals surface area contributed by atoms with E-state index in [1.54, 1.807) is 106 Å². The van der Waals surface area contributed by atoms with Gasteiger partial charge in [-0.1, -0.05) is 125 Å². The Labute approximate surface area is 814 Å². The molecule has 9 aromatic carbocycles. The minimum atomic E-state index is -0.714. The number of benzene rings is 9. The van der Waals surface area contributed by atoms with Crippen LogP contribution < -0.4 is 18.9 Å². The number of esters is 4. The zero-order valence-corrected chi connectivity index (χ0v) is 83.9. The van der Waals surface area contributed by atoms with Crippen molar-refractivity contribution in [3.8, 4) is 40.2 Å². The van der Waals surface area contributed by atoms with Crippen LogP contribution >= 0.6 is 143 Å². The van der Waals surface area contributed by atoms with Gasteiger partial charge in [-0.2, -0.15) is 0 Å². The number of aromatic amines is 4. The Kier molecular flexibility index (Phi) is 53.1. The van der Waals surface area contributed by atoms with Gasteiger partial charge in [0.25, 0.3) is 0 Å². The molecule has 0 saturated carbocycles. The molecule has 0 aliphatic rings. The van der Waals surface area contributed by atoms with E-state index < -0.39 is 23.9 Å². The number of methoxy groups -OCH3 is 8. The van der Waals surface area contributed by atoms with Gasteiger partial charge in [0.2, 0.25) is 0 Å². The molecular weight excluding hydrogens is 2270 g/mol. The molecule has 0 aliphatic carbocycles. The monoisotopic (exact) mass is 2350 g/mol. The number of rotatable bonds is 25. The highest BCUT2D eigenvalue weighted by Crippen LogP contribution is 2.35. The minimum absolute atomic E-state index is 0.00132. The molecule has 0 amide bonds. The number of aldehydes is 2. The lowest BCUT2D eigenvalue weighted by molar-refractivity contribution is -0.139. The maximum atomic E-state index is 11.4. The summed E-state index contributed by atoms with van der Waals surface area (Å²) in [6.45, 7) is 0.783. The van der Waals surface area contributed by atoms with Crippen molar-refractivity contribution in [2.45, 2.75) is 25.2 Å². The van der Waals surface area contributed by atoms with Crippen molar-refractivity contribution < 1.29 is 111 Å². The quantitative estimate of drug-likeness (QED) is 0.00295. The van der Waals surface area contributed by atoms with Gasteiger partial charge >= 0.3 is 23.9 Å². The molecule has 0 saturated heterocycles. The second-order valence-electron chi connectivity index (χ2n) is 24.7. The molecule has 0 spiro atoms. The van der Waals surface area contributed by atoms with Crippen LogP contribution in [0.3, 0.4) is 0 Å². The molecule has 13 aromatic rings. The van der Waals surface area contributed by atoms with Crippen LogP contribution in [0.15, 0.2) is 235 Å². The first-order valence-corrected chi connectivity index (χ1v) is 44.4. The number of aromatic hydroxyl groups is 3. The molecule has 13 rings (SSSR count). The number of carbonyl (C=O) groups is 6. The number of H-pyrrole nitrogens is 4. The van der Waals surface area contributed by atoms with E-state index in [9.17, 15) is 44.1 Å². The van der Waals surface area contributed by atoms with E-state index in [0.717, 1.165) is 101 Å². The van der Waals surface area contributed by atoms with Gasteiger partial charge < -0.3 is 102 Å². The number of phenolic OH excluding ortho intramolecular Hbond substituents is 3. The van der Waals surface area contributed by atoms with Gasteiger partial charge in [0.05, 0.1) is 63.7 Å². The summed E-state index contributed by atoms with van der Waals surface area (Å²) in [7, 11) is 11.4. The zero-order valence-electron chi connectivity index (χ0n) is 69.7. The molecule has 0 fully saturated rings. The molecule has 0 aliphatic heterocycles. The number of aromatic nitrogens is 4. The summed E-state index contributed by atoms with van der Waals surface area (Å²) in [4.78, 5) is 81.8. The van der Waals surface area contributed by atoms with Gasteiger partial charge in [-0.25, -0.2) is 14.4 Å². The first-order valence-electron chi connectivity index (χ1n) is 36.6. The van der Waals surface area contributed by atoms with Crippen LogP contribution in [-0.4, -0.2) is 171 Å². The number of hydrogen-bond donors (Lipinski definition) is 9. The van der Waals surface area contributed by atoms with Gasteiger partial charge in [0, 0.05) is 143 Å². The summed E-state index contributed by atoms with van der Waals surface area (Å²) < 4.78 is 63.7. The van der Waals surface area contributed by atoms with E-state index in [1.807, 2.05) is 78.9 Å². The summed E-state index contributed by atoms with van der Waals surface area (Å²) in [6.07, 6.45) is 2.92. The van der Waals surface area contributed by atoms with E-state index in [4.69, 9.17) is 54.4 Å². The van der Waals surface area contributed by atoms with Crippen molar-refractivity contribution in [3.63, 3.8) is 0 Å².